The van der Waals surface area contributed by atoms with Gasteiger partial charge in [-0.15, -0.1) is 0 Å². The highest BCUT2D eigenvalue weighted by Gasteiger charge is 2.50. The topological polar surface area (TPSA) is 29.1 Å². The Morgan fingerprint density at radius 3 is 2.35 bits per heavy atom. The van der Waals surface area contributed by atoms with E-state index in [1.807, 2.05) is 6.07 Å². The van der Waals surface area contributed by atoms with Crippen LogP contribution in [0.3, 0.4) is 0 Å². The molecule has 1 amide bonds. The molecular formula is C15H21NO. The minimum atomic E-state index is -0.116. The Morgan fingerprint density at radius 2 is 1.88 bits per heavy atom. The molecule has 1 heterocycles. The molecule has 0 saturated carbocycles. The van der Waals surface area contributed by atoms with E-state index in [0.29, 0.717) is 6.42 Å². The Bertz CT molecular complexity index is 410. The first kappa shape index (κ1) is 12.2. The molecule has 1 unspecified atom stereocenters. The van der Waals surface area contributed by atoms with E-state index >= 15 is 0 Å². The molecule has 1 saturated heterocycles. The average molecular weight is 231 g/mol. The monoisotopic (exact) mass is 231 g/mol. The van der Waals surface area contributed by atoms with Crippen molar-refractivity contribution in [3.05, 3.63) is 35.9 Å². The number of carbonyl (C=O) groups excluding carboxylic acids is 1. The smallest absolute Gasteiger partial charge is 0.221 e. The number of nitrogens with one attached hydrogen (secondary N) is 1. The second-order valence-corrected chi connectivity index (χ2v) is 5.65. The van der Waals surface area contributed by atoms with Gasteiger partial charge in [0.05, 0.1) is 0 Å². The van der Waals surface area contributed by atoms with Gasteiger partial charge in [0.2, 0.25) is 5.91 Å². The van der Waals surface area contributed by atoms with E-state index in [-0.39, 0.29) is 16.9 Å². The van der Waals surface area contributed by atoms with Crippen LogP contribution >= 0.6 is 0 Å². The van der Waals surface area contributed by atoms with Gasteiger partial charge in [-0.25, -0.2) is 0 Å². The maximum Gasteiger partial charge on any atom is 0.221 e. The predicted octanol–water partition coefficient (Wildman–Crippen LogP) is 2.92. The summed E-state index contributed by atoms with van der Waals surface area (Å²) in [6.45, 7) is 6.47. The van der Waals surface area contributed by atoms with Gasteiger partial charge in [-0.3, -0.25) is 4.79 Å². The van der Waals surface area contributed by atoms with Crippen molar-refractivity contribution in [1.82, 2.24) is 5.32 Å². The van der Waals surface area contributed by atoms with Crippen molar-refractivity contribution in [2.24, 2.45) is 5.41 Å². The quantitative estimate of drug-likeness (QED) is 0.851. The molecule has 1 fully saturated rings. The summed E-state index contributed by atoms with van der Waals surface area (Å²) in [5.41, 5.74) is 1.25. The molecule has 1 atom stereocenters. The fraction of sp³-hybridized carbons (Fsp3) is 0.533. The summed E-state index contributed by atoms with van der Waals surface area (Å²) in [6, 6.07) is 10.5. The van der Waals surface area contributed by atoms with Crippen molar-refractivity contribution in [3.63, 3.8) is 0 Å². The van der Waals surface area contributed by atoms with Gasteiger partial charge < -0.3 is 5.32 Å². The van der Waals surface area contributed by atoms with Crippen LogP contribution in [0.1, 0.15) is 39.2 Å². The molecule has 0 radical (unpaired) electrons. The molecule has 1 aromatic carbocycles. The van der Waals surface area contributed by atoms with Gasteiger partial charge in [0, 0.05) is 17.4 Å². The fourth-order valence-corrected chi connectivity index (χ4v) is 3.02. The first-order chi connectivity index (χ1) is 7.99. The third kappa shape index (κ3) is 2.08. The fourth-order valence-electron chi connectivity index (χ4n) is 3.02. The maximum atomic E-state index is 11.7. The number of rotatable bonds is 3. The highest BCUT2D eigenvalue weighted by Crippen LogP contribution is 2.45. The van der Waals surface area contributed by atoms with Crippen molar-refractivity contribution < 1.29 is 4.79 Å². The molecule has 0 aliphatic carbocycles. The van der Waals surface area contributed by atoms with Crippen LogP contribution in [-0.4, -0.2) is 11.4 Å². The van der Waals surface area contributed by atoms with Crippen molar-refractivity contribution >= 4 is 5.91 Å². The lowest BCUT2D eigenvalue weighted by Crippen LogP contribution is -2.47. The van der Waals surface area contributed by atoms with Crippen molar-refractivity contribution in [1.29, 1.82) is 0 Å². The Labute approximate surface area is 103 Å². The van der Waals surface area contributed by atoms with Crippen LogP contribution in [0.4, 0.5) is 0 Å². The minimum absolute atomic E-state index is 0.0471. The van der Waals surface area contributed by atoms with Gasteiger partial charge in [0.25, 0.3) is 0 Å². The Morgan fingerprint density at radius 1 is 1.24 bits per heavy atom. The predicted molar refractivity (Wildman–Crippen MR) is 69.7 cm³/mol. The van der Waals surface area contributed by atoms with E-state index in [1.165, 1.54) is 5.56 Å². The van der Waals surface area contributed by atoms with Crippen molar-refractivity contribution in [3.8, 4) is 0 Å². The zero-order chi connectivity index (χ0) is 12.5. The zero-order valence-electron chi connectivity index (χ0n) is 10.9. The molecule has 2 nitrogen and oxygen atoms in total. The molecule has 1 aromatic rings. The molecule has 1 aliphatic rings. The molecule has 92 valence electrons. The standard InChI is InChI=1S/C15H21NO/c1-4-15(10-12-8-6-5-7-9-12)11-13(17)16-14(15,2)3/h5-9H,4,10-11H2,1-3H3,(H,16,17). The van der Waals surface area contributed by atoms with E-state index < -0.39 is 0 Å². The summed E-state index contributed by atoms with van der Waals surface area (Å²) in [5.74, 6) is 0.188. The van der Waals surface area contributed by atoms with Gasteiger partial charge >= 0.3 is 0 Å². The highest BCUT2D eigenvalue weighted by atomic mass is 16.2. The summed E-state index contributed by atoms with van der Waals surface area (Å²) in [6.07, 6.45) is 2.63. The van der Waals surface area contributed by atoms with Crippen LogP contribution in [-0.2, 0) is 11.2 Å². The van der Waals surface area contributed by atoms with Crippen LogP contribution in [0.2, 0.25) is 0 Å². The van der Waals surface area contributed by atoms with E-state index in [0.717, 1.165) is 12.8 Å². The Balaban J connectivity index is 2.29. The molecule has 2 rings (SSSR count). The summed E-state index contributed by atoms with van der Waals surface area (Å²) >= 11 is 0. The van der Waals surface area contributed by atoms with Crippen LogP contribution in [0.5, 0.6) is 0 Å². The SMILES string of the molecule is CCC1(Cc2ccccc2)CC(=O)NC1(C)C. The lowest BCUT2D eigenvalue weighted by molar-refractivity contribution is -0.119. The van der Waals surface area contributed by atoms with Crippen molar-refractivity contribution in [2.45, 2.75) is 45.6 Å². The summed E-state index contributed by atoms with van der Waals surface area (Å²) in [4.78, 5) is 11.7. The van der Waals surface area contributed by atoms with Crippen LogP contribution < -0.4 is 5.32 Å². The number of amides is 1. The first-order valence-electron chi connectivity index (χ1n) is 6.34. The van der Waals surface area contributed by atoms with Gasteiger partial charge in [-0.1, -0.05) is 37.3 Å². The third-order valence-corrected chi connectivity index (χ3v) is 4.34. The van der Waals surface area contributed by atoms with Crippen LogP contribution in [0, 0.1) is 5.41 Å². The lowest BCUT2D eigenvalue weighted by atomic mass is 9.67. The lowest BCUT2D eigenvalue weighted by Gasteiger charge is -2.40. The molecule has 1 N–H and O–H groups in total. The molecule has 17 heavy (non-hydrogen) atoms. The third-order valence-electron chi connectivity index (χ3n) is 4.34. The molecule has 0 spiro atoms. The molecule has 1 aliphatic heterocycles. The average Bonchev–Trinajstić information content (AvgIpc) is 2.50. The normalized spacial score (nSPS) is 26.9. The highest BCUT2D eigenvalue weighted by molar-refractivity contribution is 5.81. The molecular weight excluding hydrogens is 210 g/mol. The van der Waals surface area contributed by atoms with Gasteiger partial charge in [-0.05, 0) is 32.3 Å². The number of hydrogen-bond donors (Lipinski definition) is 1. The first-order valence-corrected chi connectivity index (χ1v) is 6.34. The summed E-state index contributed by atoms with van der Waals surface area (Å²) in [7, 11) is 0. The maximum absolute atomic E-state index is 11.7. The van der Waals surface area contributed by atoms with Crippen molar-refractivity contribution in [2.75, 3.05) is 0 Å². The molecule has 0 bridgehead atoms. The summed E-state index contributed by atoms with van der Waals surface area (Å²) in [5, 5.41) is 3.12. The van der Waals surface area contributed by atoms with Gasteiger partial charge in [0.15, 0.2) is 0 Å². The zero-order valence-corrected chi connectivity index (χ0v) is 10.9. The minimum Gasteiger partial charge on any atom is -0.351 e. The number of hydrogen-bond acceptors (Lipinski definition) is 1. The second-order valence-electron chi connectivity index (χ2n) is 5.65. The van der Waals surface area contributed by atoms with Crippen LogP contribution in [0.15, 0.2) is 30.3 Å². The largest absolute Gasteiger partial charge is 0.351 e. The molecule has 0 aromatic heterocycles. The Hall–Kier alpha value is -1.31. The molecule has 2 heteroatoms. The van der Waals surface area contributed by atoms with E-state index in [1.54, 1.807) is 0 Å². The van der Waals surface area contributed by atoms with E-state index in [9.17, 15) is 4.79 Å². The van der Waals surface area contributed by atoms with E-state index in [4.69, 9.17) is 0 Å². The van der Waals surface area contributed by atoms with Crippen LogP contribution in [0.25, 0.3) is 0 Å². The number of carbonyl (C=O) groups is 1. The van der Waals surface area contributed by atoms with E-state index in [2.05, 4.69) is 50.4 Å². The summed E-state index contributed by atoms with van der Waals surface area (Å²) < 4.78 is 0. The second kappa shape index (κ2) is 4.17. The van der Waals surface area contributed by atoms with Gasteiger partial charge in [-0.2, -0.15) is 0 Å². The number of benzene rings is 1. The van der Waals surface area contributed by atoms with Gasteiger partial charge in [0.1, 0.15) is 0 Å². The Kier molecular flexibility index (Phi) is 2.98.